The molecule has 3 aromatic rings. The van der Waals surface area contributed by atoms with Crippen molar-refractivity contribution in [2.24, 2.45) is 0 Å². The standard InChI is InChI=1S/C34H30O14/c1-5-29(37)43-17-19(3)45-33(41)25-15-23(11-13-27(25)35)47-31(39)21-7-9-22(10-8-21)32(40)48-24-12-14-28(36)26(16-24)34(42)46-20(4)18-44-30(38)6-2/h5-16,19-20,35-36H,1-2,17-18H2,3-4H3. The topological polar surface area (TPSA) is 198 Å². The molecular weight excluding hydrogens is 632 g/mol. The minimum atomic E-state index is -0.964. The number of phenolic OH excluding ortho intramolecular Hbond substituents is 2. The van der Waals surface area contributed by atoms with E-state index < -0.39 is 59.5 Å². The molecule has 3 aromatic carbocycles. The molecule has 14 heteroatoms. The summed E-state index contributed by atoms with van der Waals surface area (Å²) in [5, 5.41) is 20.2. The first-order valence-corrected chi connectivity index (χ1v) is 14.0. The SMILES string of the molecule is C=CC(=O)OCC(C)OC(=O)c1cc(OC(=O)c2ccc(C(=O)Oc3ccc(O)c(C(=O)OC(C)COC(=O)C=C)c3)cc2)ccc1O. The minimum absolute atomic E-state index is 0.0176. The number of aromatic hydroxyl groups is 2. The Morgan fingerprint density at radius 3 is 1.29 bits per heavy atom. The first-order valence-electron chi connectivity index (χ1n) is 14.0. The van der Waals surface area contributed by atoms with Gasteiger partial charge in [-0.25, -0.2) is 28.8 Å². The third kappa shape index (κ3) is 10.3. The van der Waals surface area contributed by atoms with Crippen LogP contribution in [0.3, 0.4) is 0 Å². The fraction of sp³-hybridized carbons (Fsp3) is 0.176. The number of carbonyl (C=O) groups is 6. The maximum absolute atomic E-state index is 12.7. The number of benzene rings is 3. The summed E-state index contributed by atoms with van der Waals surface area (Å²) >= 11 is 0. The second-order valence-corrected chi connectivity index (χ2v) is 9.81. The van der Waals surface area contributed by atoms with Gasteiger partial charge in [-0.15, -0.1) is 0 Å². The van der Waals surface area contributed by atoms with Gasteiger partial charge in [-0.2, -0.15) is 0 Å². The van der Waals surface area contributed by atoms with Crippen LogP contribution < -0.4 is 9.47 Å². The van der Waals surface area contributed by atoms with Gasteiger partial charge in [0.25, 0.3) is 0 Å². The Balaban J connectivity index is 1.61. The van der Waals surface area contributed by atoms with Crippen LogP contribution in [0.4, 0.5) is 0 Å². The molecule has 250 valence electrons. The van der Waals surface area contributed by atoms with Crippen LogP contribution in [0.15, 0.2) is 86.0 Å². The highest BCUT2D eigenvalue weighted by molar-refractivity contribution is 5.97. The monoisotopic (exact) mass is 662 g/mol. The molecule has 0 aliphatic carbocycles. The van der Waals surface area contributed by atoms with Crippen molar-refractivity contribution < 1.29 is 67.4 Å². The summed E-state index contributed by atoms with van der Waals surface area (Å²) in [6, 6.07) is 12.0. The van der Waals surface area contributed by atoms with Crippen molar-refractivity contribution in [2.45, 2.75) is 26.1 Å². The highest BCUT2D eigenvalue weighted by Crippen LogP contribution is 2.27. The van der Waals surface area contributed by atoms with E-state index in [9.17, 15) is 39.0 Å². The summed E-state index contributed by atoms with van der Waals surface area (Å²) < 4.78 is 30.5. The Morgan fingerprint density at radius 2 is 0.958 bits per heavy atom. The molecule has 3 rings (SSSR count). The molecule has 0 fully saturated rings. The highest BCUT2D eigenvalue weighted by Gasteiger charge is 2.21. The van der Waals surface area contributed by atoms with Gasteiger partial charge in [0.1, 0.15) is 59.5 Å². The van der Waals surface area contributed by atoms with E-state index in [1.807, 2.05) is 0 Å². The molecule has 0 radical (unpaired) electrons. The summed E-state index contributed by atoms with van der Waals surface area (Å²) in [6.07, 6.45) is 0.177. The van der Waals surface area contributed by atoms with Crippen molar-refractivity contribution >= 4 is 35.8 Å². The summed E-state index contributed by atoms with van der Waals surface area (Å²) in [4.78, 5) is 72.9. The van der Waals surface area contributed by atoms with Crippen LogP contribution in [-0.4, -0.2) is 71.5 Å². The molecule has 0 heterocycles. The van der Waals surface area contributed by atoms with Gasteiger partial charge in [0.2, 0.25) is 0 Å². The van der Waals surface area contributed by atoms with Gasteiger partial charge in [-0.3, -0.25) is 0 Å². The van der Waals surface area contributed by atoms with Crippen LogP contribution in [-0.2, 0) is 28.5 Å². The minimum Gasteiger partial charge on any atom is -0.507 e. The predicted octanol–water partition coefficient (Wildman–Crippen LogP) is 4.09. The third-order valence-electron chi connectivity index (χ3n) is 6.02. The van der Waals surface area contributed by atoms with E-state index in [0.29, 0.717) is 0 Å². The van der Waals surface area contributed by atoms with Crippen molar-refractivity contribution in [1.82, 2.24) is 0 Å². The number of hydrogen-bond acceptors (Lipinski definition) is 14. The fourth-order valence-electron chi connectivity index (χ4n) is 3.64. The number of ether oxygens (including phenoxy) is 6. The van der Waals surface area contributed by atoms with E-state index in [-0.39, 0.29) is 47.0 Å². The van der Waals surface area contributed by atoms with Crippen molar-refractivity contribution in [2.75, 3.05) is 13.2 Å². The van der Waals surface area contributed by atoms with Gasteiger partial charge in [-0.1, -0.05) is 13.2 Å². The Labute approximate surface area is 273 Å². The van der Waals surface area contributed by atoms with Crippen LogP contribution in [0, 0.1) is 0 Å². The molecule has 0 saturated carbocycles. The maximum atomic E-state index is 12.7. The first-order chi connectivity index (χ1) is 22.8. The van der Waals surface area contributed by atoms with Gasteiger partial charge >= 0.3 is 35.8 Å². The Hall–Kier alpha value is -6.44. The third-order valence-corrected chi connectivity index (χ3v) is 6.02. The van der Waals surface area contributed by atoms with Crippen LogP contribution in [0.2, 0.25) is 0 Å². The number of hydrogen-bond donors (Lipinski definition) is 2. The summed E-state index contributed by atoms with van der Waals surface area (Å²) in [5.74, 6) is -6.16. The second kappa shape index (κ2) is 16.7. The van der Waals surface area contributed by atoms with Gasteiger partial charge in [0.15, 0.2) is 0 Å². The van der Waals surface area contributed by atoms with Crippen LogP contribution in [0.1, 0.15) is 55.3 Å². The molecule has 0 saturated heterocycles. The zero-order valence-corrected chi connectivity index (χ0v) is 25.7. The number of carbonyl (C=O) groups excluding carboxylic acids is 6. The molecule has 0 spiro atoms. The molecule has 2 atom stereocenters. The van der Waals surface area contributed by atoms with Gasteiger partial charge < -0.3 is 38.6 Å². The molecule has 14 nitrogen and oxygen atoms in total. The second-order valence-electron chi connectivity index (χ2n) is 9.81. The molecule has 48 heavy (non-hydrogen) atoms. The van der Waals surface area contributed by atoms with E-state index in [0.717, 1.165) is 36.4 Å². The number of esters is 6. The van der Waals surface area contributed by atoms with Crippen molar-refractivity contribution in [3.8, 4) is 23.0 Å². The lowest BCUT2D eigenvalue weighted by Gasteiger charge is -2.14. The smallest absolute Gasteiger partial charge is 0.343 e. The van der Waals surface area contributed by atoms with Crippen molar-refractivity contribution in [1.29, 1.82) is 0 Å². The lowest BCUT2D eigenvalue weighted by Crippen LogP contribution is -2.22. The average molecular weight is 663 g/mol. The largest absolute Gasteiger partial charge is 0.507 e. The zero-order valence-electron chi connectivity index (χ0n) is 25.7. The summed E-state index contributed by atoms with van der Waals surface area (Å²) in [7, 11) is 0. The Kier molecular flexibility index (Phi) is 12.6. The molecule has 0 bridgehead atoms. The zero-order chi connectivity index (χ0) is 35.4. The molecule has 0 amide bonds. The van der Waals surface area contributed by atoms with Gasteiger partial charge in [0.05, 0.1) is 11.1 Å². The van der Waals surface area contributed by atoms with E-state index in [2.05, 4.69) is 13.2 Å². The van der Waals surface area contributed by atoms with Gasteiger partial charge in [0, 0.05) is 12.2 Å². The Bertz CT molecular complexity index is 1600. The molecule has 2 N–H and O–H groups in total. The lowest BCUT2D eigenvalue weighted by molar-refractivity contribution is -0.141. The predicted molar refractivity (Wildman–Crippen MR) is 165 cm³/mol. The normalized spacial score (nSPS) is 11.5. The quantitative estimate of drug-likeness (QED) is 0.108. The number of phenols is 2. The van der Waals surface area contributed by atoms with Crippen LogP contribution >= 0.6 is 0 Å². The van der Waals surface area contributed by atoms with E-state index >= 15 is 0 Å². The van der Waals surface area contributed by atoms with E-state index in [4.69, 9.17) is 28.4 Å². The maximum Gasteiger partial charge on any atom is 0.343 e. The highest BCUT2D eigenvalue weighted by atomic mass is 16.6. The van der Waals surface area contributed by atoms with Crippen LogP contribution in [0.5, 0.6) is 23.0 Å². The first kappa shape index (κ1) is 36.0. The molecule has 0 aliphatic rings. The van der Waals surface area contributed by atoms with E-state index in [1.54, 1.807) is 0 Å². The number of rotatable bonds is 14. The average Bonchev–Trinajstić information content (AvgIpc) is 3.07. The summed E-state index contributed by atoms with van der Waals surface area (Å²) in [5.41, 5.74) is -0.586. The molecular formula is C34H30O14. The van der Waals surface area contributed by atoms with E-state index in [1.165, 1.54) is 50.2 Å². The lowest BCUT2D eigenvalue weighted by atomic mass is 10.1. The Morgan fingerprint density at radius 1 is 0.604 bits per heavy atom. The molecule has 2 unspecified atom stereocenters. The van der Waals surface area contributed by atoms with Crippen molar-refractivity contribution in [3.05, 3.63) is 108 Å². The molecule has 0 aliphatic heterocycles. The van der Waals surface area contributed by atoms with Gasteiger partial charge in [-0.05, 0) is 74.5 Å². The van der Waals surface area contributed by atoms with Crippen molar-refractivity contribution in [3.63, 3.8) is 0 Å². The molecule has 0 aromatic heterocycles. The fourth-order valence-corrected chi connectivity index (χ4v) is 3.64. The van der Waals surface area contributed by atoms with Crippen LogP contribution in [0.25, 0.3) is 0 Å². The summed E-state index contributed by atoms with van der Waals surface area (Å²) in [6.45, 7) is 8.94.